The van der Waals surface area contributed by atoms with Crippen molar-refractivity contribution in [2.24, 2.45) is 5.92 Å². The monoisotopic (exact) mass is 396 g/mol. The molecule has 6 heteroatoms. The summed E-state index contributed by atoms with van der Waals surface area (Å²) in [6.45, 7) is 3.28. The average Bonchev–Trinajstić information content (AvgIpc) is 2.55. The molecule has 1 saturated heterocycles. The van der Waals surface area contributed by atoms with Crippen molar-refractivity contribution in [1.82, 2.24) is 5.32 Å². The molecular weight excluding hydrogens is 374 g/mol. The van der Waals surface area contributed by atoms with Gasteiger partial charge in [0, 0.05) is 11.7 Å². The summed E-state index contributed by atoms with van der Waals surface area (Å²) in [5, 5.41) is 6.42. The fourth-order valence-corrected chi connectivity index (χ4v) is 3.65. The number of carbonyl (C=O) groups excluding carboxylic acids is 1. The summed E-state index contributed by atoms with van der Waals surface area (Å²) in [6.07, 6.45) is 3.35. The molecule has 1 heterocycles. The Balaban J connectivity index is 0.00000243. The fraction of sp³-hybridized carbons (Fsp3) is 0.350. The molecule has 0 saturated carbocycles. The van der Waals surface area contributed by atoms with Gasteiger partial charge in [-0.2, -0.15) is 0 Å². The normalized spacial score (nSPS) is 19.5. The number of carbonyl (C=O) groups is 1. The van der Waals surface area contributed by atoms with E-state index in [-0.39, 0.29) is 28.9 Å². The van der Waals surface area contributed by atoms with Crippen LogP contribution in [0.5, 0.6) is 0 Å². The lowest BCUT2D eigenvalue weighted by Crippen LogP contribution is -2.36. The van der Waals surface area contributed by atoms with Crippen molar-refractivity contribution in [3.63, 3.8) is 0 Å². The number of halogens is 3. The Labute approximate surface area is 164 Å². The van der Waals surface area contributed by atoms with Gasteiger partial charge in [-0.05, 0) is 74.5 Å². The third-order valence-electron chi connectivity index (χ3n) is 4.62. The number of anilines is 1. The van der Waals surface area contributed by atoms with Crippen molar-refractivity contribution in [2.75, 3.05) is 11.9 Å². The van der Waals surface area contributed by atoms with Gasteiger partial charge in [0.15, 0.2) is 0 Å². The molecule has 140 valence electrons. The molecule has 1 fully saturated rings. The molecule has 0 spiro atoms. The molecular formula is C20H23Cl2FN2O. The number of amides is 1. The van der Waals surface area contributed by atoms with Crippen molar-refractivity contribution >= 4 is 35.6 Å². The maximum absolute atomic E-state index is 13.1. The Morgan fingerprint density at radius 2 is 2.12 bits per heavy atom. The Hall–Kier alpha value is -1.62. The molecule has 0 aliphatic carbocycles. The van der Waals surface area contributed by atoms with Gasteiger partial charge in [0.25, 0.3) is 5.91 Å². The number of rotatable bonds is 4. The Kier molecular flexibility index (Phi) is 7.44. The van der Waals surface area contributed by atoms with E-state index in [0.29, 0.717) is 12.0 Å². The van der Waals surface area contributed by atoms with Crippen LogP contribution in [0.25, 0.3) is 0 Å². The van der Waals surface area contributed by atoms with Crippen molar-refractivity contribution in [3.05, 3.63) is 64.4 Å². The van der Waals surface area contributed by atoms with Gasteiger partial charge in [-0.15, -0.1) is 12.4 Å². The van der Waals surface area contributed by atoms with Gasteiger partial charge >= 0.3 is 0 Å². The third-order valence-corrected chi connectivity index (χ3v) is 4.93. The van der Waals surface area contributed by atoms with Gasteiger partial charge in [0.1, 0.15) is 5.82 Å². The maximum atomic E-state index is 13.1. The highest BCUT2D eigenvalue weighted by Gasteiger charge is 2.18. The average molecular weight is 397 g/mol. The quantitative estimate of drug-likeness (QED) is 0.755. The molecule has 2 atom stereocenters. The van der Waals surface area contributed by atoms with Gasteiger partial charge in [-0.3, -0.25) is 4.79 Å². The summed E-state index contributed by atoms with van der Waals surface area (Å²) >= 11 is 5.96. The van der Waals surface area contributed by atoms with Crippen LogP contribution in [0.15, 0.2) is 42.5 Å². The zero-order valence-electron chi connectivity index (χ0n) is 14.6. The minimum atomic E-state index is -0.459. The predicted molar refractivity (Wildman–Crippen MR) is 107 cm³/mol. The van der Waals surface area contributed by atoms with Gasteiger partial charge in [-0.25, -0.2) is 4.39 Å². The Bertz CT molecular complexity index is 769. The molecule has 26 heavy (non-hydrogen) atoms. The lowest BCUT2D eigenvalue weighted by Gasteiger charge is -2.28. The van der Waals surface area contributed by atoms with E-state index in [1.54, 1.807) is 0 Å². The number of hydrogen-bond acceptors (Lipinski definition) is 2. The van der Waals surface area contributed by atoms with Gasteiger partial charge in [0.2, 0.25) is 0 Å². The molecule has 0 unspecified atom stereocenters. The van der Waals surface area contributed by atoms with Crippen LogP contribution in [-0.2, 0) is 6.42 Å². The van der Waals surface area contributed by atoms with Crippen molar-refractivity contribution in [2.45, 2.75) is 32.2 Å². The largest absolute Gasteiger partial charge is 0.322 e. The van der Waals surface area contributed by atoms with E-state index in [9.17, 15) is 9.18 Å². The SMILES string of the molecule is C[C@H]1C[C@@H](Cc2cccc(NC(=O)c3ccc(F)cc3Cl)c2)CCN1.Cl. The highest BCUT2D eigenvalue weighted by molar-refractivity contribution is 6.34. The predicted octanol–water partition coefficient (Wildman–Crippen LogP) is 5.08. The number of nitrogens with one attached hydrogen (secondary N) is 2. The molecule has 0 radical (unpaired) electrons. The second-order valence-electron chi connectivity index (χ2n) is 6.73. The minimum Gasteiger partial charge on any atom is -0.322 e. The molecule has 3 nitrogen and oxygen atoms in total. The van der Waals surface area contributed by atoms with Crippen LogP contribution in [0.2, 0.25) is 5.02 Å². The van der Waals surface area contributed by atoms with E-state index in [1.807, 2.05) is 18.2 Å². The lowest BCUT2D eigenvalue weighted by atomic mass is 9.87. The van der Waals surface area contributed by atoms with Gasteiger partial charge in [-0.1, -0.05) is 23.7 Å². The van der Waals surface area contributed by atoms with Gasteiger partial charge in [0.05, 0.1) is 10.6 Å². The number of benzene rings is 2. The fourth-order valence-electron chi connectivity index (χ4n) is 3.40. The summed E-state index contributed by atoms with van der Waals surface area (Å²) in [4.78, 5) is 12.4. The Morgan fingerprint density at radius 3 is 2.85 bits per heavy atom. The Morgan fingerprint density at radius 1 is 1.31 bits per heavy atom. The van der Waals surface area contributed by atoms with Crippen LogP contribution in [0.3, 0.4) is 0 Å². The summed E-state index contributed by atoms with van der Waals surface area (Å²) in [7, 11) is 0. The molecule has 2 aromatic carbocycles. The van der Waals surface area contributed by atoms with Crippen LogP contribution in [0.1, 0.15) is 35.7 Å². The topological polar surface area (TPSA) is 41.1 Å². The molecule has 2 aromatic rings. The molecule has 1 amide bonds. The smallest absolute Gasteiger partial charge is 0.257 e. The highest BCUT2D eigenvalue weighted by Crippen LogP contribution is 2.23. The van der Waals surface area contributed by atoms with E-state index >= 15 is 0 Å². The van der Waals surface area contributed by atoms with E-state index in [1.165, 1.54) is 30.5 Å². The zero-order valence-corrected chi connectivity index (χ0v) is 16.2. The first kappa shape index (κ1) is 20.7. The first-order valence-corrected chi connectivity index (χ1v) is 8.98. The van der Waals surface area contributed by atoms with Crippen LogP contribution in [0, 0.1) is 11.7 Å². The van der Waals surface area contributed by atoms with Crippen LogP contribution >= 0.6 is 24.0 Å². The van der Waals surface area contributed by atoms with Crippen LogP contribution in [0.4, 0.5) is 10.1 Å². The van der Waals surface area contributed by atoms with Crippen LogP contribution < -0.4 is 10.6 Å². The summed E-state index contributed by atoms with van der Waals surface area (Å²) in [5.74, 6) is -0.133. The summed E-state index contributed by atoms with van der Waals surface area (Å²) < 4.78 is 13.1. The van der Waals surface area contributed by atoms with Crippen molar-refractivity contribution in [1.29, 1.82) is 0 Å². The van der Waals surface area contributed by atoms with Gasteiger partial charge < -0.3 is 10.6 Å². The third kappa shape index (κ3) is 5.44. The second kappa shape index (κ2) is 9.36. The molecule has 3 rings (SSSR count). The second-order valence-corrected chi connectivity index (χ2v) is 7.14. The van der Waals surface area contributed by atoms with Crippen LogP contribution in [-0.4, -0.2) is 18.5 Å². The number of hydrogen-bond donors (Lipinski definition) is 2. The molecule has 1 aliphatic heterocycles. The molecule has 0 bridgehead atoms. The zero-order chi connectivity index (χ0) is 17.8. The first-order valence-electron chi connectivity index (χ1n) is 8.60. The maximum Gasteiger partial charge on any atom is 0.257 e. The van der Waals surface area contributed by atoms with E-state index in [0.717, 1.165) is 24.7 Å². The molecule has 0 aromatic heterocycles. The summed E-state index contributed by atoms with van der Waals surface area (Å²) in [5.41, 5.74) is 2.20. The van der Waals surface area contributed by atoms with E-state index < -0.39 is 5.82 Å². The molecule has 2 N–H and O–H groups in total. The first-order chi connectivity index (χ1) is 12.0. The van der Waals surface area contributed by atoms with Crippen molar-refractivity contribution in [3.8, 4) is 0 Å². The van der Waals surface area contributed by atoms with Crippen molar-refractivity contribution < 1.29 is 9.18 Å². The summed E-state index contributed by atoms with van der Waals surface area (Å²) in [6, 6.07) is 12.2. The standard InChI is InChI=1S/C20H22ClFN2O.ClH/c1-13-9-15(7-8-23-13)10-14-3-2-4-17(11-14)24-20(25)18-6-5-16(22)12-19(18)21;/h2-6,11-13,15,23H,7-10H2,1H3,(H,24,25);1H/t13-,15-;/m0./s1. The molecule has 1 aliphatic rings. The van der Waals surface area contributed by atoms with E-state index in [2.05, 4.69) is 23.6 Å². The minimum absolute atomic E-state index is 0. The lowest BCUT2D eigenvalue weighted by molar-refractivity contribution is 0.102. The number of piperidine rings is 1. The van der Waals surface area contributed by atoms with E-state index in [4.69, 9.17) is 11.6 Å². The highest BCUT2D eigenvalue weighted by atomic mass is 35.5.